The number of amides is 1. The maximum Gasteiger partial charge on any atom is 0.219 e. The molecule has 1 amide bonds. The van der Waals surface area contributed by atoms with Crippen molar-refractivity contribution in [1.29, 1.82) is 0 Å². The smallest absolute Gasteiger partial charge is 0.219 e. The number of rotatable bonds is 4. The van der Waals surface area contributed by atoms with E-state index in [1.165, 1.54) is 0 Å². The van der Waals surface area contributed by atoms with E-state index < -0.39 is 0 Å². The zero-order valence-corrected chi connectivity index (χ0v) is 14.2. The molecule has 2 heterocycles. The third kappa shape index (κ3) is 2.80. The number of likely N-dealkylation sites (N-methyl/N-ethyl adjacent to an activating group) is 1. The van der Waals surface area contributed by atoms with Gasteiger partial charge in [0.15, 0.2) is 11.8 Å². The summed E-state index contributed by atoms with van der Waals surface area (Å²) in [6, 6.07) is 0. The molecule has 22 heavy (non-hydrogen) atoms. The number of ether oxygens (including phenoxy) is 2. The summed E-state index contributed by atoms with van der Waals surface area (Å²) in [6.45, 7) is 8.60. The third-order valence-corrected chi connectivity index (χ3v) is 4.76. The first-order chi connectivity index (χ1) is 10.5. The minimum atomic E-state index is -0.253. The zero-order chi connectivity index (χ0) is 16.3. The fourth-order valence-corrected chi connectivity index (χ4v) is 3.32. The molecule has 2 atom stereocenters. The molecule has 7 nitrogen and oxygen atoms in total. The van der Waals surface area contributed by atoms with Crippen molar-refractivity contribution in [3.63, 3.8) is 0 Å². The average molecular weight is 311 g/mol. The largest absolute Gasteiger partial charge is 0.376 e. The predicted molar refractivity (Wildman–Crippen MR) is 81.7 cm³/mol. The van der Waals surface area contributed by atoms with Gasteiger partial charge in [-0.05, 0) is 13.8 Å². The SMILES string of the molecule is CC[N+]1(CC)N=NC2=C1C(OC)C(OC)CN(C(C)=O)CC2. The van der Waals surface area contributed by atoms with Crippen molar-refractivity contribution in [2.45, 2.75) is 39.4 Å². The van der Waals surface area contributed by atoms with Crippen molar-refractivity contribution in [3.05, 3.63) is 11.4 Å². The molecule has 0 fully saturated rings. The Morgan fingerprint density at radius 2 is 2.00 bits per heavy atom. The Morgan fingerprint density at radius 1 is 1.32 bits per heavy atom. The fraction of sp³-hybridized carbons (Fsp3) is 0.800. The van der Waals surface area contributed by atoms with E-state index in [1.54, 1.807) is 26.0 Å². The van der Waals surface area contributed by atoms with Crippen LogP contribution < -0.4 is 0 Å². The van der Waals surface area contributed by atoms with E-state index in [2.05, 4.69) is 24.2 Å². The number of hydrogen-bond acceptors (Lipinski definition) is 5. The normalized spacial score (nSPS) is 27.6. The molecule has 0 aliphatic carbocycles. The summed E-state index contributed by atoms with van der Waals surface area (Å²) in [5, 5.41) is 8.94. The van der Waals surface area contributed by atoms with Crippen LogP contribution in [0.5, 0.6) is 0 Å². The number of nitrogens with zero attached hydrogens (tertiary/aromatic N) is 4. The van der Waals surface area contributed by atoms with Gasteiger partial charge in [0.2, 0.25) is 5.91 Å². The molecule has 0 aromatic rings. The van der Waals surface area contributed by atoms with Crippen LogP contribution in [0.15, 0.2) is 21.7 Å². The molecule has 0 aromatic heterocycles. The number of hydrogen-bond donors (Lipinski definition) is 0. The van der Waals surface area contributed by atoms with Gasteiger partial charge < -0.3 is 14.4 Å². The first-order valence-corrected chi connectivity index (χ1v) is 7.88. The van der Waals surface area contributed by atoms with Gasteiger partial charge in [-0.3, -0.25) is 4.79 Å². The lowest BCUT2D eigenvalue weighted by molar-refractivity contribution is -0.899. The molecular weight excluding hydrogens is 284 g/mol. The van der Waals surface area contributed by atoms with Crippen LogP contribution in [0.1, 0.15) is 27.2 Å². The van der Waals surface area contributed by atoms with Gasteiger partial charge in [0.1, 0.15) is 24.9 Å². The fourth-order valence-electron chi connectivity index (χ4n) is 3.32. The van der Waals surface area contributed by atoms with Gasteiger partial charge >= 0.3 is 0 Å². The minimum absolute atomic E-state index is 0.0441. The van der Waals surface area contributed by atoms with Gasteiger partial charge in [0.25, 0.3) is 0 Å². The average Bonchev–Trinajstić information content (AvgIpc) is 2.86. The van der Waals surface area contributed by atoms with Gasteiger partial charge in [0.05, 0.1) is 0 Å². The van der Waals surface area contributed by atoms with E-state index >= 15 is 0 Å². The van der Waals surface area contributed by atoms with Crippen LogP contribution in [0.2, 0.25) is 0 Å². The highest BCUT2D eigenvalue weighted by molar-refractivity contribution is 5.73. The van der Waals surface area contributed by atoms with Gasteiger partial charge in [-0.2, -0.15) is 0 Å². The third-order valence-electron chi connectivity index (χ3n) is 4.76. The summed E-state index contributed by atoms with van der Waals surface area (Å²) in [7, 11) is 3.34. The highest BCUT2D eigenvalue weighted by Gasteiger charge is 2.47. The van der Waals surface area contributed by atoms with E-state index in [1.807, 2.05) is 0 Å². The maximum absolute atomic E-state index is 11.8. The second kappa shape index (κ2) is 6.85. The van der Waals surface area contributed by atoms with Crippen molar-refractivity contribution in [2.24, 2.45) is 10.3 Å². The molecule has 0 saturated heterocycles. The molecule has 124 valence electrons. The van der Waals surface area contributed by atoms with Crippen LogP contribution in [0, 0.1) is 0 Å². The van der Waals surface area contributed by atoms with Crippen LogP contribution in [0.4, 0.5) is 0 Å². The molecule has 0 radical (unpaired) electrons. The summed E-state index contributed by atoms with van der Waals surface area (Å²) in [5.41, 5.74) is 2.02. The Balaban J connectivity index is 2.46. The standard InChI is InChI=1S/C15H27N4O3/c1-6-19(7-2)14-12(16-17-19)8-9-18(11(3)20)10-13(21-4)15(14)22-5/h13,15H,6-10H2,1-5H3/q+1. The highest BCUT2D eigenvalue weighted by Crippen LogP contribution is 2.37. The molecule has 7 heteroatoms. The molecule has 2 unspecified atom stereocenters. The molecule has 0 aromatic carbocycles. The number of quaternary nitrogens is 1. The van der Waals surface area contributed by atoms with Crippen molar-refractivity contribution in [3.8, 4) is 0 Å². The predicted octanol–water partition coefficient (Wildman–Crippen LogP) is 1.72. The van der Waals surface area contributed by atoms with E-state index in [0.717, 1.165) is 24.5 Å². The summed E-state index contributed by atoms with van der Waals surface area (Å²) in [5.74, 6) is 0.0441. The quantitative estimate of drug-likeness (QED) is 0.743. The summed E-state index contributed by atoms with van der Waals surface area (Å²) < 4.78 is 11.9. The lowest BCUT2D eigenvalue weighted by Crippen LogP contribution is -2.52. The molecule has 0 bridgehead atoms. The van der Waals surface area contributed by atoms with E-state index in [-0.39, 0.29) is 18.1 Å². The Kier molecular flexibility index (Phi) is 5.31. The monoisotopic (exact) mass is 311 g/mol. The summed E-state index contributed by atoms with van der Waals surface area (Å²) in [6.07, 6.45) is 0.227. The van der Waals surface area contributed by atoms with Crippen molar-refractivity contribution in [2.75, 3.05) is 40.4 Å². The Bertz CT molecular complexity index is 485. The molecule has 0 saturated carbocycles. The highest BCUT2D eigenvalue weighted by atomic mass is 16.5. The van der Waals surface area contributed by atoms with Crippen LogP contribution >= 0.6 is 0 Å². The second-order valence-corrected chi connectivity index (χ2v) is 5.72. The van der Waals surface area contributed by atoms with Crippen LogP contribution in [-0.4, -0.2) is 68.0 Å². The molecule has 0 N–H and O–H groups in total. The molecule has 2 aliphatic rings. The Hall–Kier alpha value is -1.31. The first-order valence-electron chi connectivity index (χ1n) is 7.88. The molecule has 2 rings (SSSR count). The van der Waals surface area contributed by atoms with Crippen molar-refractivity contribution < 1.29 is 18.9 Å². The van der Waals surface area contributed by atoms with Crippen molar-refractivity contribution in [1.82, 2.24) is 4.90 Å². The number of methoxy groups -OCH3 is 2. The summed E-state index contributed by atoms with van der Waals surface area (Å²) >= 11 is 0. The van der Waals surface area contributed by atoms with E-state index in [9.17, 15) is 4.79 Å². The Labute approximate surface area is 132 Å². The van der Waals surface area contributed by atoms with Crippen LogP contribution in [-0.2, 0) is 14.3 Å². The van der Waals surface area contributed by atoms with Crippen LogP contribution in [0.3, 0.4) is 0 Å². The lowest BCUT2D eigenvalue weighted by Gasteiger charge is -2.37. The van der Waals surface area contributed by atoms with E-state index in [4.69, 9.17) is 9.47 Å². The van der Waals surface area contributed by atoms with Gasteiger partial charge in [-0.1, -0.05) is 5.11 Å². The summed E-state index contributed by atoms with van der Waals surface area (Å²) in [4.78, 5) is 13.6. The molecule has 2 aliphatic heterocycles. The maximum atomic E-state index is 11.8. The second-order valence-electron chi connectivity index (χ2n) is 5.72. The first kappa shape index (κ1) is 17.1. The van der Waals surface area contributed by atoms with Crippen molar-refractivity contribution >= 4 is 5.91 Å². The molecule has 0 spiro atoms. The van der Waals surface area contributed by atoms with Gasteiger partial charge in [-0.15, -0.1) is 4.59 Å². The zero-order valence-electron chi connectivity index (χ0n) is 14.2. The van der Waals surface area contributed by atoms with Gasteiger partial charge in [0, 0.05) is 45.9 Å². The Morgan fingerprint density at radius 3 is 2.50 bits per heavy atom. The van der Waals surface area contributed by atoms with Gasteiger partial charge in [-0.25, -0.2) is 0 Å². The topological polar surface area (TPSA) is 63.5 Å². The molecular formula is C15H27N4O3+. The van der Waals surface area contributed by atoms with E-state index in [0.29, 0.717) is 24.1 Å². The minimum Gasteiger partial charge on any atom is -0.376 e. The lowest BCUT2D eigenvalue weighted by atomic mass is 10.0. The van der Waals surface area contributed by atoms with Crippen LogP contribution in [0.25, 0.3) is 0 Å². The number of carbonyl (C=O) groups is 1. The number of carbonyl (C=O) groups excluding carboxylic acids is 1.